The van der Waals surface area contributed by atoms with Crippen LogP contribution in [0.25, 0.3) is 0 Å². The number of carbonyl (C=O) groups excluding carboxylic acids is 1. The van der Waals surface area contributed by atoms with Crippen LogP contribution < -0.4 is 5.32 Å². The zero-order chi connectivity index (χ0) is 9.84. The summed E-state index contributed by atoms with van der Waals surface area (Å²) in [6.45, 7) is 5.54. The molecule has 1 heterocycles. The molecule has 1 aromatic heterocycles. The molecule has 5 nitrogen and oxygen atoms in total. The van der Waals surface area contributed by atoms with Crippen LogP contribution in [0.5, 0.6) is 0 Å². The van der Waals surface area contributed by atoms with Gasteiger partial charge >= 0.3 is 0 Å². The second kappa shape index (κ2) is 4.02. The molecule has 1 rings (SSSR count). The van der Waals surface area contributed by atoms with Gasteiger partial charge in [0.15, 0.2) is 5.82 Å². The highest BCUT2D eigenvalue weighted by molar-refractivity contribution is 5.91. The summed E-state index contributed by atoms with van der Waals surface area (Å²) in [5, 5.41) is 9.74. The molecule has 0 saturated carbocycles. The smallest absolute Gasteiger partial charge is 0.228 e. The standard InChI is InChI=1S/C8H13N3O2/c1-4-5(2)8(12)9-7-6(3)10-13-11-7/h5H,4H2,1-3H3,(H,9,11,12). The first-order valence-electron chi connectivity index (χ1n) is 4.25. The van der Waals surface area contributed by atoms with Gasteiger partial charge in [0.2, 0.25) is 5.91 Å². The lowest BCUT2D eigenvalue weighted by Gasteiger charge is -2.06. The zero-order valence-corrected chi connectivity index (χ0v) is 8.00. The van der Waals surface area contributed by atoms with Gasteiger partial charge < -0.3 is 5.32 Å². The molecule has 0 saturated heterocycles. The van der Waals surface area contributed by atoms with E-state index in [1.807, 2.05) is 13.8 Å². The van der Waals surface area contributed by atoms with Gasteiger partial charge in [0.25, 0.3) is 0 Å². The highest BCUT2D eigenvalue weighted by Gasteiger charge is 2.14. The van der Waals surface area contributed by atoms with Gasteiger partial charge in [-0.1, -0.05) is 19.0 Å². The maximum atomic E-state index is 11.4. The molecule has 1 amide bonds. The first-order chi connectivity index (χ1) is 6.15. The van der Waals surface area contributed by atoms with E-state index in [1.165, 1.54) is 0 Å². The molecule has 0 aliphatic carbocycles. The zero-order valence-electron chi connectivity index (χ0n) is 8.00. The molecule has 5 heteroatoms. The quantitative estimate of drug-likeness (QED) is 0.768. The summed E-state index contributed by atoms with van der Waals surface area (Å²) in [5.41, 5.74) is 0.594. The van der Waals surface area contributed by atoms with Gasteiger partial charge in [-0.3, -0.25) is 4.79 Å². The van der Waals surface area contributed by atoms with Gasteiger partial charge in [-0.05, 0) is 18.5 Å². The van der Waals surface area contributed by atoms with Crippen molar-refractivity contribution in [2.45, 2.75) is 27.2 Å². The average Bonchev–Trinajstić information content (AvgIpc) is 2.50. The Kier molecular flexibility index (Phi) is 3.00. The molecule has 0 fully saturated rings. The molecule has 0 radical (unpaired) electrons. The fourth-order valence-electron chi connectivity index (χ4n) is 0.770. The summed E-state index contributed by atoms with van der Waals surface area (Å²) in [5.74, 6) is 0.336. The van der Waals surface area contributed by atoms with Crippen LogP contribution in [-0.2, 0) is 4.79 Å². The Morgan fingerprint density at radius 1 is 1.62 bits per heavy atom. The minimum atomic E-state index is -0.0544. The molecule has 72 valence electrons. The predicted molar refractivity (Wildman–Crippen MR) is 47.1 cm³/mol. The summed E-state index contributed by atoms with van der Waals surface area (Å²) in [6.07, 6.45) is 0.802. The Morgan fingerprint density at radius 3 is 2.77 bits per heavy atom. The lowest BCUT2D eigenvalue weighted by atomic mass is 10.1. The second-order valence-corrected chi connectivity index (χ2v) is 3.00. The SMILES string of the molecule is CCC(C)C(=O)Nc1nonc1C. The molecule has 0 aliphatic rings. The van der Waals surface area contributed by atoms with E-state index in [1.54, 1.807) is 6.92 Å². The van der Waals surface area contributed by atoms with Crippen LogP contribution in [0.3, 0.4) is 0 Å². The molecular weight excluding hydrogens is 170 g/mol. The Hall–Kier alpha value is -1.39. The minimum absolute atomic E-state index is 0.0175. The number of nitrogens with one attached hydrogen (secondary N) is 1. The van der Waals surface area contributed by atoms with E-state index in [0.717, 1.165) is 6.42 Å². The number of hydrogen-bond donors (Lipinski definition) is 1. The second-order valence-electron chi connectivity index (χ2n) is 3.00. The molecule has 13 heavy (non-hydrogen) atoms. The van der Waals surface area contributed by atoms with Crippen molar-refractivity contribution in [1.29, 1.82) is 0 Å². The van der Waals surface area contributed by atoms with Crippen molar-refractivity contribution in [3.8, 4) is 0 Å². The van der Waals surface area contributed by atoms with Crippen LogP contribution in [0.2, 0.25) is 0 Å². The van der Waals surface area contributed by atoms with Crippen molar-refractivity contribution in [2.24, 2.45) is 5.92 Å². The number of aryl methyl sites for hydroxylation is 1. The summed E-state index contributed by atoms with van der Waals surface area (Å²) in [6, 6.07) is 0. The normalized spacial score (nSPS) is 12.5. The van der Waals surface area contributed by atoms with Gasteiger partial charge in [-0.25, -0.2) is 4.63 Å². The molecule has 0 spiro atoms. The van der Waals surface area contributed by atoms with Crippen LogP contribution >= 0.6 is 0 Å². The van der Waals surface area contributed by atoms with Crippen LogP contribution in [0, 0.1) is 12.8 Å². The number of anilines is 1. The fourth-order valence-corrected chi connectivity index (χ4v) is 0.770. The third-order valence-electron chi connectivity index (χ3n) is 1.95. The summed E-state index contributed by atoms with van der Waals surface area (Å²) in [4.78, 5) is 11.4. The molecule has 1 aromatic rings. The van der Waals surface area contributed by atoms with E-state index >= 15 is 0 Å². The number of carbonyl (C=O) groups is 1. The summed E-state index contributed by atoms with van der Waals surface area (Å²) >= 11 is 0. The fraction of sp³-hybridized carbons (Fsp3) is 0.625. The average molecular weight is 183 g/mol. The van der Waals surface area contributed by atoms with Crippen LogP contribution in [0.4, 0.5) is 5.82 Å². The molecular formula is C8H13N3O2. The van der Waals surface area contributed by atoms with Gasteiger partial charge in [-0.2, -0.15) is 0 Å². The first-order valence-corrected chi connectivity index (χ1v) is 4.25. The highest BCUT2D eigenvalue weighted by atomic mass is 16.6. The minimum Gasteiger partial charge on any atom is -0.306 e. The van der Waals surface area contributed by atoms with Crippen molar-refractivity contribution >= 4 is 11.7 Å². The Bertz CT molecular complexity index is 295. The van der Waals surface area contributed by atoms with Crippen molar-refractivity contribution in [1.82, 2.24) is 10.3 Å². The van der Waals surface area contributed by atoms with Crippen LogP contribution in [0.15, 0.2) is 4.63 Å². The third kappa shape index (κ3) is 2.27. The van der Waals surface area contributed by atoms with Gasteiger partial charge in [0.1, 0.15) is 5.69 Å². The monoisotopic (exact) mass is 183 g/mol. The maximum absolute atomic E-state index is 11.4. The van der Waals surface area contributed by atoms with E-state index < -0.39 is 0 Å². The van der Waals surface area contributed by atoms with Crippen molar-refractivity contribution in [3.05, 3.63) is 5.69 Å². The highest BCUT2D eigenvalue weighted by Crippen LogP contribution is 2.10. The van der Waals surface area contributed by atoms with Gasteiger partial charge in [0, 0.05) is 5.92 Å². The molecule has 1 unspecified atom stereocenters. The number of aromatic nitrogens is 2. The van der Waals surface area contributed by atoms with Crippen molar-refractivity contribution in [3.63, 3.8) is 0 Å². The van der Waals surface area contributed by atoms with Crippen molar-refractivity contribution < 1.29 is 9.42 Å². The largest absolute Gasteiger partial charge is 0.306 e. The first kappa shape index (κ1) is 9.70. The lowest BCUT2D eigenvalue weighted by Crippen LogP contribution is -2.20. The van der Waals surface area contributed by atoms with Gasteiger partial charge in [-0.15, -0.1) is 0 Å². The van der Waals surface area contributed by atoms with E-state index in [4.69, 9.17) is 0 Å². The third-order valence-corrected chi connectivity index (χ3v) is 1.95. The summed E-state index contributed by atoms with van der Waals surface area (Å²) < 4.78 is 4.44. The number of hydrogen-bond acceptors (Lipinski definition) is 4. The van der Waals surface area contributed by atoms with E-state index in [2.05, 4.69) is 20.3 Å². The molecule has 0 bridgehead atoms. The Labute approximate surface area is 76.5 Å². The predicted octanol–water partition coefficient (Wildman–Crippen LogP) is 1.36. The number of amides is 1. The van der Waals surface area contributed by atoms with Crippen molar-refractivity contribution in [2.75, 3.05) is 5.32 Å². The molecule has 0 aliphatic heterocycles. The van der Waals surface area contributed by atoms with E-state index in [0.29, 0.717) is 11.5 Å². The molecule has 0 aromatic carbocycles. The van der Waals surface area contributed by atoms with E-state index in [9.17, 15) is 4.79 Å². The molecule has 1 atom stereocenters. The number of nitrogens with zero attached hydrogens (tertiary/aromatic N) is 2. The van der Waals surface area contributed by atoms with Gasteiger partial charge in [0.05, 0.1) is 0 Å². The molecule has 1 N–H and O–H groups in total. The van der Waals surface area contributed by atoms with Crippen LogP contribution in [0.1, 0.15) is 26.0 Å². The van der Waals surface area contributed by atoms with E-state index in [-0.39, 0.29) is 11.8 Å². The lowest BCUT2D eigenvalue weighted by molar-refractivity contribution is -0.119. The van der Waals surface area contributed by atoms with Crippen LogP contribution in [-0.4, -0.2) is 16.2 Å². The topological polar surface area (TPSA) is 68.0 Å². The summed E-state index contributed by atoms with van der Waals surface area (Å²) in [7, 11) is 0. The number of rotatable bonds is 3. The maximum Gasteiger partial charge on any atom is 0.228 e. The Morgan fingerprint density at radius 2 is 2.31 bits per heavy atom. The Balaban J connectivity index is 2.60.